The minimum atomic E-state index is -0.356. The molecule has 2 atom stereocenters. The van der Waals surface area contributed by atoms with Crippen LogP contribution < -0.4 is 10.1 Å². The number of hydrogen-bond acceptors (Lipinski definition) is 9. The lowest BCUT2D eigenvalue weighted by molar-refractivity contribution is -0.124. The van der Waals surface area contributed by atoms with E-state index in [0.29, 0.717) is 12.4 Å². The number of amidine groups is 1. The van der Waals surface area contributed by atoms with E-state index in [9.17, 15) is 4.79 Å². The molecule has 1 aromatic rings. The molecule has 3 aliphatic heterocycles. The molecule has 1 aromatic heterocycles. The Morgan fingerprint density at radius 2 is 2.03 bits per heavy atom. The molecule has 2 unspecified atom stereocenters. The van der Waals surface area contributed by atoms with Gasteiger partial charge in [0.15, 0.2) is 6.04 Å². The number of thiophene rings is 1. The predicted molar refractivity (Wildman–Crippen MR) is 123 cm³/mol. The molecule has 4 rings (SSSR count). The van der Waals surface area contributed by atoms with E-state index >= 15 is 0 Å². The monoisotopic (exact) mass is 450 g/mol. The zero-order valence-electron chi connectivity index (χ0n) is 18.1. The smallest absolute Gasteiger partial charge is 0.252 e. The number of hydrogen-bond donors (Lipinski definition) is 1. The van der Waals surface area contributed by atoms with E-state index in [2.05, 4.69) is 39.7 Å². The summed E-state index contributed by atoms with van der Waals surface area (Å²) in [6, 6.07) is 1.50. The number of hydrazone groups is 1. The molecular weight excluding hydrogens is 420 g/mol. The van der Waals surface area contributed by atoms with Gasteiger partial charge in [-0.1, -0.05) is 13.3 Å². The maximum atomic E-state index is 12.9. The maximum absolute atomic E-state index is 12.9. The van der Waals surface area contributed by atoms with Gasteiger partial charge in [0, 0.05) is 39.3 Å². The molecule has 164 valence electrons. The topological polar surface area (TPSA) is 72.8 Å². The molecule has 0 aliphatic carbocycles. The van der Waals surface area contributed by atoms with Crippen LogP contribution in [0.4, 0.5) is 0 Å². The normalized spacial score (nSPS) is 25.1. The van der Waals surface area contributed by atoms with Gasteiger partial charge in [0.2, 0.25) is 0 Å². The molecule has 3 aliphatic rings. The van der Waals surface area contributed by atoms with Crippen LogP contribution in [0.1, 0.15) is 31.6 Å². The summed E-state index contributed by atoms with van der Waals surface area (Å²) in [6.07, 6.45) is 1.83. The van der Waals surface area contributed by atoms with E-state index in [4.69, 9.17) is 9.73 Å². The second kappa shape index (κ2) is 9.25. The van der Waals surface area contributed by atoms with Crippen LogP contribution >= 0.6 is 23.3 Å². The first-order chi connectivity index (χ1) is 14.5. The molecule has 10 heteroatoms. The number of nitrogens with one attached hydrogen (secondary N) is 1. The summed E-state index contributed by atoms with van der Waals surface area (Å²) >= 11 is 3.40. The van der Waals surface area contributed by atoms with Crippen LogP contribution in [0.25, 0.3) is 0 Å². The van der Waals surface area contributed by atoms with Gasteiger partial charge in [0.25, 0.3) is 5.91 Å². The Kier molecular flexibility index (Phi) is 6.66. The van der Waals surface area contributed by atoms with Crippen LogP contribution in [0.2, 0.25) is 0 Å². The second-order valence-electron chi connectivity index (χ2n) is 7.79. The summed E-state index contributed by atoms with van der Waals surface area (Å²) in [5.41, 5.74) is 0.985. The molecule has 4 heterocycles. The van der Waals surface area contributed by atoms with Crippen molar-refractivity contribution in [2.75, 3.05) is 46.9 Å². The van der Waals surface area contributed by atoms with Gasteiger partial charge < -0.3 is 15.0 Å². The van der Waals surface area contributed by atoms with Crippen molar-refractivity contribution in [1.82, 2.24) is 19.5 Å². The van der Waals surface area contributed by atoms with Gasteiger partial charge in [-0.05, 0) is 32.3 Å². The first-order valence-corrected chi connectivity index (χ1v) is 12.2. The number of carbonyl (C=O) groups is 1. The van der Waals surface area contributed by atoms with Gasteiger partial charge in [-0.2, -0.15) is 5.10 Å². The predicted octanol–water partition coefficient (Wildman–Crippen LogP) is 2.12. The van der Waals surface area contributed by atoms with E-state index in [-0.39, 0.29) is 18.0 Å². The lowest BCUT2D eigenvalue weighted by Gasteiger charge is -2.30. The van der Waals surface area contributed by atoms with E-state index in [0.717, 1.165) is 59.6 Å². The van der Waals surface area contributed by atoms with E-state index in [1.165, 1.54) is 0 Å². The molecule has 1 amide bonds. The summed E-state index contributed by atoms with van der Waals surface area (Å²) in [6.45, 7) is 8.87. The quantitative estimate of drug-likeness (QED) is 0.642. The number of ether oxygens (including phenoxy) is 1. The van der Waals surface area contributed by atoms with Crippen molar-refractivity contribution in [3.05, 3.63) is 10.9 Å². The van der Waals surface area contributed by atoms with Gasteiger partial charge in [-0.3, -0.25) is 14.8 Å². The number of aliphatic imine (C=N–C) groups is 1. The van der Waals surface area contributed by atoms with Crippen LogP contribution in [0, 0.1) is 0 Å². The lowest BCUT2D eigenvalue weighted by Crippen LogP contribution is -2.54. The number of carbonyl (C=O) groups excluding carboxylic acids is 1. The molecule has 8 nitrogen and oxygen atoms in total. The molecule has 1 saturated heterocycles. The number of fused-ring (bicyclic) bond motifs is 1. The maximum Gasteiger partial charge on any atom is 0.252 e. The lowest BCUT2D eigenvalue weighted by atomic mass is 9.99. The standard InChI is InChI=1S/C20H30N6O2S2/c1-5-7-13-16-17(25(4)23-13)20(27)22-19(21-16)18-14(28-6-2)12-15(29-18)30-26-10-8-24(3)9-11-26/h12,16-17H,5-11H2,1-4H3,(H,21,22,27). The van der Waals surface area contributed by atoms with Crippen molar-refractivity contribution in [2.24, 2.45) is 10.1 Å². The number of rotatable bonds is 7. The fourth-order valence-electron chi connectivity index (χ4n) is 3.93. The number of likely N-dealkylation sites (N-methyl/N-ethyl adjacent to an activating group) is 2. The van der Waals surface area contributed by atoms with E-state index in [1.807, 2.05) is 14.0 Å². The molecule has 0 bridgehead atoms. The van der Waals surface area contributed by atoms with Crippen LogP contribution in [-0.2, 0) is 4.79 Å². The third-order valence-corrected chi connectivity index (χ3v) is 7.80. The van der Waals surface area contributed by atoms with Crippen molar-refractivity contribution in [1.29, 1.82) is 0 Å². The molecular formula is C20H30N6O2S2. The van der Waals surface area contributed by atoms with E-state index < -0.39 is 0 Å². The summed E-state index contributed by atoms with van der Waals surface area (Å²) in [7, 11) is 4.01. The van der Waals surface area contributed by atoms with Gasteiger partial charge >= 0.3 is 0 Å². The summed E-state index contributed by atoms with van der Waals surface area (Å²) in [5.74, 6) is 1.35. The van der Waals surface area contributed by atoms with Crippen molar-refractivity contribution in [3.63, 3.8) is 0 Å². The number of nitrogens with zero attached hydrogens (tertiary/aromatic N) is 5. The highest BCUT2D eigenvalue weighted by Gasteiger charge is 2.44. The minimum Gasteiger partial charge on any atom is -0.492 e. The summed E-state index contributed by atoms with van der Waals surface area (Å²) < 4.78 is 9.46. The third-order valence-electron chi connectivity index (χ3n) is 5.49. The van der Waals surface area contributed by atoms with Gasteiger partial charge in [-0.25, -0.2) is 4.31 Å². The zero-order chi connectivity index (χ0) is 21.3. The van der Waals surface area contributed by atoms with Gasteiger partial charge in [0.05, 0.1) is 16.5 Å². The van der Waals surface area contributed by atoms with Crippen LogP contribution in [-0.4, -0.2) is 90.6 Å². The van der Waals surface area contributed by atoms with E-state index in [1.54, 1.807) is 28.3 Å². The zero-order valence-corrected chi connectivity index (χ0v) is 19.7. The Balaban J connectivity index is 1.60. The Hall–Kier alpha value is -1.62. The molecule has 0 saturated carbocycles. The molecule has 0 radical (unpaired) electrons. The Morgan fingerprint density at radius 3 is 2.73 bits per heavy atom. The second-order valence-corrected chi connectivity index (χ2v) is 10.2. The average molecular weight is 451 g/mol. The van der Waals surface area contributed by atoms with Gasteiger partial charge in [-0.15, -0.1) is 11.3 Å². The molecule has 0 spiro atoms. The summed E-state index contributed by atoms with van der Waals surface area (Å²) in [5, 5.41) is 9.35. The highest BCUT2D eigenvalue weighted by atomic mass is 32.2. The highest BCUT2D eigenvalue weighted by Crippen LogP contribution is 2.39. The average Bonchev–Trinajstić information content (AvgIpc) is 3.25. The van der Waals surface area contributed by atoms with Crippen molar-refractivity contribution in [3.8, 4) is 5.75 Å². The third kappa shape index (κ3) is 4.37. The minimum absolute atomic E-state index is 0.0496. The first kappa shape index (κ1) is 21.6. The number of piperazine rings is 1. The van der Waals surface area contributed by atoms with Crippen LogP contribution in [0.5, 0.6) is 5.75 Å². The fourth-order valence-corrected chi connectivity index (χ4v) is 6.19. The summed E-state index contributed by atoms with van der Waals surface area (Å²) in [4.78, 5) is 21.1. The first-order valence-electron chi connectivity index (χ1n) is 10.6. The van der Waals surface area contributed by atoms with Crippen molar-refractivity contribution in [2.45, 2.75) is 43.0 Å². The number of amides is 1. The Bertz CT molecular complexity index is 846. The van der Waals surface area contributed by atoms with Gasteiger partial charge in [0.1, 0.15) is 22.5 Å². The van der Waals surface area contributed by atoms with Crippen molar-refractivity contribution >= 4 is 40.7 Å². The van der Waals surface area contributed by atoms with Crippen LogP contribution in [0.3, 0.4) is 0 Å². The highest BCUT2D eigenvalue weighted by molar-refractivity contribution is 7.99. The largest absolute Gasteiger partial charge is 0.492 e. The van der Waals surface area contributed by atoms with Crippen LogP contribution in [0.15, 0.2) is 20.4 Å². The Morgan fingerprint density at radius 1 is 1.27 bits per heavy atom. The molecule has 1 fully saturated rings. The SMILES string of the molecule is CCCC1=NN(C)C2C(=O)NC(c3sc(SN4CCN(C)CC4)cc3OCC)=NC12. The molecule has 30 heavy (non-hydrogen) atoms. The van der Waals surface area contributed by atoms with Crippen molar-refractivity contribution < 1.29 is 9.53 Å². The molecule has 1 N–H and O–H groups in total. The Labute approximate surface area is 186 Å². The molecule has 0 aromatic carbocycles. The fraction of sp³-hybridized carbons (Fsp3) is 0.650.